The van der Waals surface area contributed by atoms with Crippen LogP contribution in [0.25, 0.3) is 11.1 Å². The zero-order valence-corrected chi connectivity index (χ0v) is 15.2. The van der Waals surface area contributed by atoms with Gasteiger partial charge < -0.3 is 4.90 Å². The van der Waals surface area contributed by atoms with Crippen LogP contribution < -0.4 is 10.2 Å². The van der Waals surface area contributed by atoms with Gasteiger partial charge >= 0.3 is 0 Å². The summed E-state index contributed by atoms with van der Waals surface area (Å²) in [6, 6.07) is 25.3. The Labute approximate surface area is 159 Å². The van der Waals surface area contributed by atoms with E-state index in [-0.39, 0.29) is 11.9 Å². The van der Waals surface area contributed by atoms with Crippen LogP contribution in [-0.2, 0) is 11.2 Å². The summed E-state index contributed by atoms with van der Waals surface area (Å²) in [5.41, 5.74) is 7.38. The number of anilines is 1. The molecule has 0 radical (unpaired) electrons. The average molecular weight is 354 g/mol. The van der Waals surface area contributed by atoms with Gasteiger partial charge in [0.25, 0.3) is 0 Å². The molecule has 3 aromatic rings. The van der Waals surface area contributed by atoms with Crippen molar-refractivity contribution in [3.8, 4) is 11.1 Å². The second kappa shape index (κ2) is 6.67. The van der Waals surface area contributed by atoms with Crippen LogP contribution in [-0.4, -0.2) is 19.0 Å². The molecule has 5 rings (SSSR count). The molecule has 3 aromatic carbocycles. The number of hydrogen-bond donors (Lipinski definition) is 1. The highest BCUT2D eigenvalue weighted by atomic mass is 16.2. The van der Waals surface area contributed by atoms with Crippen LogP contribution in [0.1, 0.15) is 29.2 Å². The van der Waals surface area contributed by atoms with Crippen molar-refractivity contribution in [2.24, 2.45) is 0 Å². The van der Waals surface area contributed by atoms with E-state index in [1.54, 1.807) is 0 Å². The second-order valence-electron chi connectivity index (χ2n) is 7.27. The number of nitrogens with one attached hydrogen (secondary N) is 1. The molecule has 1 heterocycles. The highest BCUT2D eigenvalue weighted by Gasteiger charge is 2.29. The summed E-state index contributed by atoms with van der Waals surface area (Å²) in [5.74, 6) is 0.143. The number of rotatable bonds is 3. The van der Waals surface area contributed by atoms with Gasteiger partial charge in [-0.25, -0.2) is 0 Å². The summed E-state index contributed by atoms with van der Waals surface area (Å²) in [6.07, 6.45) is 2.08. The highest BCUT2D eigenvalue weighted by molar-refractivity contribution is 5.96. The standard InChI is InChI=1S/C24H22N2O/c27-23(26-15-7-9-17-8-1-6-14-22(17)26)16-25-24-20-12-4-2-10-18(20)19-11-3-5-13-21(19)24/h1-6,8,10-14,24-25H,7,9,15-16H2. The van der Waals surface area contributed by atoms with Crippen LogP contribution in [0.5, 0.6) is 0 Å². The number of fused-ring (bicyclic) bond motifs is 4. The molecule has 3 heteroatoms. The fourth-order valence-electron chi connectivity index (χ4n) is 4.45. The Morgan fingerprint density at radius 1 is 0.889 bits per heavy atom. The van der Waals surface area contributed by atoms with Gasteiger partial charge in [-0.3, -0.25) is 10.1 Å². The van der Waals surface area contributed by atoms with Crippen LogP contribution in [0.2, 0.25) is 0 Å². The Morgan fingerprint density at radius 2 is 1.52 bits per heavy atom. The Balaban J connectivity index is 1.39. The number of amides is 1. The molecule has 1 aliphatic heterocycles. The molecule has 0 saturated carbocycles. The van der Waals surface area contributed by atoms with Gasteiger partial charge in [-0.15, -0.1) is 0 Å². The number of para-hydroxylation sites is 1. The van der Waals surface area contributed by atoms with Gasteiger partial charge in [-0.1, -0.05) is 66.7 Å². The molecular weight excluding hydrogens is 332 g/mol. The van der Waals surface area contributed by atoms with Crippen molar-refractivity contribution in [3.05, 3.63) is 89.5 Å². The Kier molecular flexibility index (Phi) is 4.02. The number of aryl methyl sites for hydroxylation is 1. The molecule has 2 aliphatic rings. The number of benzene rings is 3. The average Bonchev–Trinajstić information content (AvgIpc) is 3.05. The maximum absolute atomic E-state index is 13.0. The van der Waals surface area contributed by atoms with Crippen molar-refractivity contribution in [1.29, 1.82) is 0 Å². The lowest BCUT2D eigenvalue weighted by Crippen LogP contribution is -2.42. The van der Waals surface area contributed by atoms with Gasteiger partial charge in [0.2, 0.25) is 5.91 Å². The van der Waals surface area contributed by atoms with Crippen molar-refractivity contribution >= 4 is 11.6 Å². The fourth-order valence-corrected chi connectivity index (χ4v) is 4.45. The van der Waals surface area contributed by atoms with E-state index in [9.17, 15) is 4.79 Å². The minimum Gasteiger partial charge on any atom is -0.311 e. The van der Waals surface area contributed by atoms with Crippen LogP contribution in [0.3, 0.4) is 0 Å². The van der Waals surface area contributed by atoms with Crippen LogP contribution in [0.4, 0.5) is 5.69 Å². The number of nitrogens with zero attached hydrogens (tertiary/aromatic N) is 1. The molecule has 1 aliphatic carbocycles. The summed E-state index contributed by atoms with van der Waals surface area (Å²) < 4.78 is 0. The normalized spacial score (nSPS) is 15.2. The molecule has 0 atom stereocenters. The van der Waals surface area contributed by atoms with Crippen molar-refractivity contribution in [2.45, 2.75) is 18.9 Å². The van der Waals surface area contributed by atoms with Gasteiger partial charge in [0, 0.05) is 12.2 Å². The third-order valence-corrected chi connectivity index (χ3v) is 5.70. The van der Waals surface area contributed by atoms with Gasteiger partial charge in [-0.2, -0.15) is 0 Å². The SMILES string of the molecule is O=C(CNC1c2ccccc2-c2ccccc21)N1CCCc2ccccc21. The van der Waals surface area contributed by atoms with Crippen molar-refractivity contribution in [2.75, 3.05) is 18.0 Å². The topological polar surface area (TPSA) is 32.3 Å². The molecule has 0 spiro atoms. The van der Waals surface area contributed by atoms with E-state index in [4.69, 9.17) is 0 Å². The number of hydrogen-bond acceptors (Lipinski definition) is 2. The first-order valence-electron chi connectivity index (χ1n) is 9.63. The summed E-state index contributed by atoms with van der Waals surface area (Å²) in [5, 5.41) is 3.53. The first kappa shape index (κ1) is 16.3. The van der Waals surface area contributed by atoms with E-state index in [2.05, 4.69) is 72.0 Å². The first-order chi connectivity index (χ1) is 13.3. The lowest BCUT2D eigenvalue weighted by Gasteiger charge is -2.30. The van der Waals surface area contributed by atoms with Crippen LogP contribution in [0, 0.1) is 0 Å². The lowest BCUT2D eigenvalue weighted by molar-refractivity contribution is -0.118. The van der Waals surface area contributed by atoms with E-state index in [0.717, 1.165) is 25.1 Å². The third kappa shape index (κ3) is 2.75. The van der Waals surface area contributed by atoms with Gasteiger partial charge in [0.05, 0.1) is 12.6 Å². The van der Waals surface area contributed by atoms with Crippen LogP contribution in [0.15, 0.2) is 72.8 Å². The van der Waals surface area contributed by atoms with Crippen LogP contribution >= 0.6 is 0 Å². The molecule has 134 valence electrons. The Hall–Kier alpha value is -2.91. The maximum Gasteiger partial charge on any atom is 0.240 e. The Morgan fingerprint density at radius 3 is 2.26 bits per heavy atom. The molecule has 1 N–H and O–H groups in total. The molecule has 0 unspecified atom stereocenters. The first-order valence-corrected chi connectivity index (χ1v) is 9.63. The monoisotopic (exact) mass is 354 g/mol. The van der Waals surface area contributed by atoms with E-state index >= 15 is 0 Å². The highest BCUT2D eigenvalue weighted by Crippen LogP contribution is 2.42. The summed E-state index contributed by atoms with van der Waals surface area (Å²) in [7, 11) is 0. The van der Waals surface area contributed by atoms with Crippen molar-refractivity contribution < 1.29 is 4.79 Å². The predicted octanol–water partition coefficient (Wildman–Crippen LogP) is 4.33. The molecule has 1 amide bonds. The molecule has 0 bridgehead atoms. The smallest absolute Gasteiger partial charge is 0.240 e. The molecule has 3 nitrogen and oxygen atoms in total. The van der Waals surface area contributed by atoms with E-state index in [1.165, 1.54) is 27.8 Å². The lowest BCUT2D eigenvalue weighted by atomic mass is 10.0. The number of carbonyl (C=O) groups is 1. The van der Waals surface area contributed by atoms with Crippen molar-refractivity contribution in [3.63, 3.8) is 0 Å². The summed E-state index contributed by atoms with van der Waals surface area (Å²) in [6.45, 7) is 1.14. The molecule has 0 fully saturated rings. The van der Waals surface area contributed by atoms with E-state index in [1.807, 2.05) is 11.0 Å². The quantitative estimate of drug-likeness (QED) is 0.759. The van der Waals surface area contributed by atoms with E-state index < -0.39 is 0 Å². The summed E-state index contributed by atoms with van der Waals surface area (Å²) in [4.78, 5) is 14.9. The zero-order valence-electron chi connectivity index (χ0n) is 15.2. The molecule has 0 saturated heterocycles. The zero-order chi connectivity index (χ0) is 18.2. The third-order valence-electron chi connectivity index (χ3n) is 5.70. The van der Waals surface area contributed by atoms with Gasteiger partial charge in [-0.05, 0) is 46.7 Å². The van der Waals surface area contributed by atoms with Crippen molar-refractivity contribution in [1.82, 2.24) is 5.32 Å². The van der Waals surface area contributed by atoms with Gasteiger partial charge in [0.1, 0.15) is 0 Å². The second-order valence-corrected chi connectivity index (χ2v) is 7.27. The predicted molar refractivity (Wildman–Crippen MR) is 109 cm³/mol. The van der Waals surface area contributed by atoms with E-state index in [0.29, 0.717) is 6.54 Å². The molecular formula is C24H22N2O. The largest absolute Gasteiger partial charge is 0.311 e. The fraction of sp³-hybridized carbons (Fsp3) is 0.208. The maximum atomic E-state index is 13.0. The van der Waals surface area contributed by atoms with Gasteiger partial charge in [0.15, 0.2) is 0 Å². The number of carbonyl (C=O) groups excluding carboxylic acids is 1. The molecule has 27 heavy (non-hydrogen) atoms. The summed E-state index contributed by atoms with van der Waals surface area (Å²) >= 11 is 0. The minimum absolute atomic E-state index is 0.0707. The molecule has 0 aromatic heterocycles. The Bertz CT molecular complexity index is 965. The minimum atomic E-state index is 0.0707.